The zero-order valence-electron chi connectivity index (χ0n) is 15.2. The molecule has 8 heteroatoms. The number of ether oxygens (including phenoxy) is 1. The summed E-state index contributed by atoms with van der Waals surface area (Å²) < 4.78 is 11.2. The molecule has 0 saturated heterocycles. The molecule has 3 rings (SSSR count). The summed E-state index contributed by atoms with van der Waals surface area (Å²) in [5, 5.41) is 14.4. The molecule has 1 aromatic heterocycles. The highest BCUT2D eigenvalue weighted by molar-refractivity contribution is 6.30. The maximum atomic E-state index is 12.8. The molecule has 27 heavy (non-hydrogen) atoms. The van der Waals surface area contributed by atoms with Crippen molar-refractivity contribution in [3.8, 4) is 0 Å². The van der Waals surface area contributed by atoms with Crippen LogP contribution in [0.5, 0.6) is 0 Å². The van der Waals surface area contributed by atoms with E-state index in [1.807, 2.05) is 19.0 Å². The highest BCUT2D eigenvalue weighted by atomic mass is 16.5. The van der Waals surface area contributed by atoms with Gasteiger partial charge in [0.25, 0.3) is 5.91 Å². The van der Waals surface area contributed by atoms with Crippen molar-refractivity contribution in [2.45, 2.75) is 6.92 Å². The second-order valence-corrected chi connectivity index (χ2v) is 5.94. The molecule has 1 amide bonds. The second kappa shape index (κ2) is 7.36. The molecule has 8 nitrogen and oxygen atoms in total. The Bertz CT molecular complexity index is 925. The van der Waals surface area contributed by atoms with E-state index >= 15 is 0 Å². The third kappa shape index (κ3) is 3.69. The molecule has 1 aliphatic heterocycles. The van der Waals surface area contributed by atoms with Crippen LogP contribution in [0.3, 0.4) is 0 Å². The number of carboxylic acid groups (broad SMARTS) is 1. The number of carboxylic acids is 1. The first kappa shape index (κ1) is 18.2. The van der Waals surface area contributed by atoms with Crippen molar-refractivity contribution < 1.29 is 23.8 Å². The number of nitrogens with zero attached hydrogens (tertiary/aromatic N) is 3. The monoisotopic (exact) mass is 369 g/mol. The fourth-order valence-electron chi connectivity index (χ4n) is 2.49. The Morgan fingerprint density at radius 1 is 1.26 bits per heavy atom. The first-order chi connectivity index (χ1) is 12.9. The molecular formula is C19H19N3O5. The normalized spacial score (nSPS) is 15.2. The lowest BCUT2D eigenvalue weighted by Gasteiger charge is -2.11. The minimum Gasteiger partial charge on any atom is -0.478 e. The first-order valence-electron chi connectivity index (χ1n) is 8.29. The number of anilines is 2. The van der Waals surface area contributed by atoms with E-state index in [9.17, 15) is 9.59 Å². The number of benzene rings is 1. The fraction of sp³-hybridized carbons (Fsp3) is 0.211. The van der Waals surface area contributed by atoms with Crippen molar-refractivity contribution in [3.05, 3.63) is 53.3 Å². The van der Waals surface area contributed by atoms with E-state index in [1.165, 1.54) is 29.3 Å². The number of hydrogen-bond acceptors (Lipinski definition) is 6. The van der Waals surface area contributed by atoms with Gasteiger partial charge in [0.05, 0.1) is 17.9 Å². The molecule has 1 aromatic carbocycles. The minimum atomic E-state index is -1.04. The minimum absolute atomic E-state index is 0.127. The van der Waals surface area contributed by atoms with Crippen LogP contribution in [0.1, 0.15) is 23.0 Å². The number of furan rings is 1. The molecule has 0 spiro atoms. The summed E-state index contributed by atoms with van der Waals surface area (Å²) in [5.74, 6) is -0.0827. The van der Waals surface area contributed by atoms with Crippen LogP contribution in [0.4, 0.5) is 11.6 Å². The summed E-state index contributed by atoms with van der Waals surface area (Å²) in [4.78, 5) is 25.7. The fourth-order valence-corrected chi connectivity index (χ4v) is 2.49. The molecule has 1 aliphatic rings. The van der Waals surface area contributed by atoms with Crippen molar-refractivity contribution in [1.82, 2.24) is 0 Å². The molecule has 2 heterocycles. The molecule has 0 saturated carbocycles. The Labute approximate surface area is 155 Å². The molecule has 140 valence electrons. The van der Waals surface area contributed by atoms with Crippen molar-refractivity contribution in [2.75, 3.05) is 30.6 Å². The Morgan fingerprint density at radius 3 is 2.52 bits per heavy atom. The Kier molecular flexibility index (Phi) is 4.98. The van der Waals surface area contributed by atoms with E-state index in [4.69, 9.17) is 14.3 Å². The highest BCUT2D eigenvalue weighted by Crippen LogP contribution is 2.27. The molecule has 0 radical (unpaired) electrons. The van der Waals surface area contributed by atoms with E-state index in [1.54, 1.807) is 25.1 Å². The van der Waals surface area contributed by atoms with Gasteiger partial charge in [-0.1, -0.05) is 0 Å². The average molecular weight is 369 g/mol. The van der Waals surface area contributed by atoms with Crippen molar-refractivity contribution >= 4 is 35.4 Å². The Hall–Kier alpha value is -3.55. The second-order valence-electron chi connectivity index (χ2n) is 5.94. The molecule has 2 aromatic rings. The maximum absolute atomic E-state index is 12.8. The molecule has 1 N–H and O–H groups in total. The topological polar surface area (TPSA) is 95.6 Å². The van der Waals surface area contributed by atoms with Crippen LogP contribution < -0.4 is 9.91 Å². The third-order valence-corrected chi connectivity index (χ3v) is 3.82. The summed E-state index contributed by atoms with van der Waals surface area (Å²) in [7, 11) is 3.71. The standard InChI is InChI=1S/C19H19N3O5/c1-4-26-17-15(11-14-9-10-16(27-14)21(2)3)18(23)22(20-17)13-7-5-12(6-8-13)19(24)25/h5-11H,4H2,1-3H3,(H,24,25). The van der Waals surface area contributed by atoms with E-state index in [0.717, 1.165) is 0 Å². The van der Waals surface area contributed by atoms with Gasteiger partial charge >= 0.3 is 5.97 Å². The zero-order valence-corrected chi connectivity index (χ0v) is 15.2. The van der Waals surface area contributed by atoms with Crippen LogP contribution in [0.15, 0.2) is 51.5 Å². The predicted octanol–water partition coefficient (Wildman–Crippen LogP) is 2.82. The number of aromatic carboxylic acids is 1. The zero-order chi connectivity index (χ0) is 19.6. The summed E-state index contributed by atoms with van der Waals surface area (Å²) in [5.41, 5.74) is 0.833. The SMILES string of the molecule is CCOC1=NN(c2ccc(C(=O)O)cc2)C(=O)C1=Cc1ccc(N(C)C)o1. The largest absolute Gasteiger partial charge is 0.478 e. The average Bonchev–Trinajstić information content (AvgIpc) is 3.23. The van der Waals surface area contributed by atoms with Gasteiger partial charge in [0, 0.05) is 20.2 Å². The van der Waals surface area contributed by atoms with E-state index in [2.05, 4.69) is 5.10 Å². The first-order valence-corrected chi connectivity index (χ1v) is 8.29. The van der Waals surface area contributed by atoms with Gasteiger partial charge in [0.15, 0.2) is 5.88 Å². The lowest BCUT2D eigenvalue weighted by Crippen LogP contribution is -2.21. The number of hydrazone groups is 1. The summed E-state index contributed by atoms with van der Waals surface area (Å²) in [6.45, 7) is 2.14. The maximum Gasteiger partial charge on any atom is 0.335 e. The molecule has 0 unspecified atom stereocenters. The highest BCUT2D eigenvalue weighted by Gasteiger charge is 2.33. The summed E-state index contributed by atoms with van der Waals surface area (Å²) >= 11 is 0. The van der Waals surface area contributed by atoms with Gasteiger partial charge in [0.1, 0.15) is 11.3 Å². The van der Waals surface area contributed by atoms with Gasteiger partial charge in [-0.2, -0.15) is 5.01 Å². The molecule has 0 aliphatic carbocycles. The Balaban J connectivity index is 1.93. The Morgan fingerprint density at radius 2 is 1.96 bits per heavy atom. The predicted molar refractivity (Wildman–Crippen MR) is 101 cm³/mol. The van der Waals surface area contributed by atoms with Crippen LogP contribution in [-0.4, -0.2) is 43.6 Å². The third-order valence-electron chi connectivity index (χ3n) is 3.82. The number of amides is 1. The van der Waals surface area contributed by atoms with Crippen molar-refractivity contribution in [2.24, 2.45) is 5.10 Å². The molecular weight excluding hydrogens is 350 g/mol. The summed E-state index contributed by atoms with van der Waals surface area (Å²) in [6.07, 6.45) is 1.58. The van der Waals surface area contributed by atoms with Crippen molar-refractivity contribution in [3.63, 3.8) is 0 Å². The van der Waals surface area contributed by atoms with Crippen LogP contribution >= 0.6 is 0 Å². The van der Waals surface area contributed by atoms with Gasteiger partial charge in [-0.3, -0.25) is 4.79 Å². The smallest absolute Gasteiger partial charge is 0.335 e. The number of carbonyl (C=O) groups excluding carboxylic acids is 1. The van der Waals surface area contributed by atoms with Crippen LogP contribution in [0.2, 0.25) is 0 Å². The van der Waals surface area contributed by atoms with Gasteiger partial charge in [0.2, 0.25) is 5.90 Å². The van der Waals surface area contributed by atoms with Gasteiger partial charge in [-0.25, -0.2) is 4.79 Å². The van der Waals surface area contributed by atoms with Gasteiger partial charge in [-0.05, 0) is 43.3 Å². The quantitative estimate of drug-likeness (QED) is 0.814. The van der Waals surface area contributed by atoms with Crippen LogP contribution in [0.25, 0.3) is 6.08 Å². The molecule has 0 fully saturated rings. The van der Waals surface area contributed by atoms with E-state index in [-0.39, 0.29) is 22.9 Å². The number of carbonyl (C=O) groups is 2. The summed E-state index contributed by atoms with van der Waals surface area (Å²) in [6, 6.07) is 9.43. The van der Waals surface area contributed by atoms with Gasteiger partial charge in [-0.15, -0.1) is 5.10 Å². The number of hydrogen-bond donors (Lipinski definition) is 1. The van der Waals surface area contributed by atoms with Crippen LogP contribution in [-0.2, 0) is 9.53 Å². The molecule has 0 bridgehead atoms. The lowest BCUT2D eigenvalue weighted by molar-refractivity contribution is -0.114. The number of rotatable bonds is 5. The van der Waals surface area contributed by atoms with E-state index in [0.29, 0.717) is 23.9 Å². The van der Waals surface area contributed by atoms with Gasteiger partial charge < -0.3 is 19.2 Å². The van der Waals surface area contributed by atoms with E-state index < -0.39 is 5.97 Å². The molecule has 0 atom stereocenters. The van der Waals surface area contributed by atoms with Crippen molar-refractivity contribution in [1.29, 1.82) is 0 Å². The lowest BCUT2D eigenvalue weighted by atomic mass is 10.2. The van der Waals surface area contributed by atoms with Crippen LogP contribution in [0, 0.1) is 0 Å².